The molecule has 1 aliphatic carbocycles. The molecule has 0 unspecified atom stereocenters. The molecule has 3 aromatic rings. The zero-order valence-corrected chi connectivity index (χ0v) is 18.3. The molecule has 6 nitrogen and oxygen atoms in total. The van der Waals surface area contributed by atoms with Crippen molar-refractivity contribution in [3.05, 3.63) is 56.6 Å². The number of fused-ring (bicyclic) bond motifs is 1. The van der Waals surface area contributed by atoms with Crippen molar-refractivity contribution in [2.24, 2.45) is 0 Å². The van der Waals surface area contributed by atoms with E-state index in [1.54, 1.807) is 6.07 Å². The van der Waals surface area contributed by atoms with Crippen molar-refractivity contribution in [2.75, 3.05) is 18.1 Å². The van der Waals surface area contributed by atoms with Crippen LogP contribution in [0, 0.1) is 0 Å². The number of thiazole rings is 1. The summed E-state index contributed by atoms with van der Waals surface area (Å²) in [5, 5.41) is 5.39. The first-order valence-corrected chi connectivity index (χ1v) is 12.9. The normalized spacial score (nSPS) is 13.4. The Morgan fingerprint density at radius 3 is 2.83 bits per heavy atom. The van der Waals surface area contributed by atoms with E-state index in [4.69, 9.17) is 0 Å². The Balaban J connectivity index is 1.38. The van der Waals surface area contributed by atoms with Crippen molar-refractivity contribution < 1.29 is 13.2 Å². The van der Waals surface area contributed by atoms with E-state index < -0.39 is 10.0 Å². The fourth-order valence-corrected chi connectivity index (χ4v) is 5.44. The van der Waals surface area contributed by atoms with E-state index in [9.17, 15) is 13.2 Å². The molecular formula is C20H21N3O3S3. The molecule has 0 radical (unpaired) electrons. The van der Waals surface area contributed by atoms with E-state index in [0.717, 1.165) is 35.2 Å². The second-order valence-electron chi connectivity index (χ2n) is 7.01. The number of sulfonamides is 1. The minimum Gasteiger partial charge on any atom is -0.297 e. The van der Waals surface area contributed by atoms with Gasteiger partial charge in [-0.05, 0) is 55.0 Å². The van der Waals surface area contributed by atoms with Crippen LogP contribution in [0.5, 0.6) is 0 Å². The molecule has 0 saturated heterocycles. The molecule has 2 heterocycles. The molecule has 0 aliphatic heterocycles. The summed E-state index contributed by atoms with van der Waals surface area (Å²) in [6.45, 7) is 0.316. The van der Waals surface area contributed by atoms with Crippen molar-refractivity contribution in [1.29, 1.82) is 0 Å². The SMILES string of the molecule is CS(=O)(=O)NCCc1ccc(C(=O)Nc2nc(-c3ccc4c(c3)CCC4)cs2)s1. The fraction of sp³-hybridized carbons (Fsp3) is 0.300. The zero-order valence-electron chi connectivity index (χ0n) is 15.9. The monoisotopic (exact) mass is 447 g/mol. The van der Waals surface area contributed by atoms with Gasteiger partial charge in [0, 0.05) is 22.4 Å². The van der Waals surface area contributed by atoms with Gasteiger partial charge in [0.05, 0.1) is 16.8 Å². The predicted molar refractivity (Wildman–Crippen MR) is 118 cm³/mol. The summed E-state index contributed by atoms with van der Waals surface area (Å²) >= 11 is 2.77. The third kappa shape index (κ3) is 5.11. The third-order valence-corrected chi connectivity index (χ3v) is 7.37. The van der Waals surface area contributed by atoms with E-state index in [1.165, 1.54) is 40.2 Å². The molecule has 2 aromatic heterocycles. The minimum absolute atomic E-state index is 0.202. The molecule has 1 amide bonds. The lowest BCUT2D eigenvalue weighted by Gasteiger charge is -2.02. The van der Waals surface area contributed by atoms with E-state index in [1.807, 2.05) is 11.4 Å². The summed E-state index contributed by atoms with van der Waals surface area (Å²) in [4.78, 5) is 18.6. The smallest absolute Gasteiger partial charge is 0.267 e. The number of hydrogen-bond acceptors (Lipinski definition) is 6. The average molecular weight is 448 g/mol. The van der Waals surface area contributed by atoms with Crippen LogP contribution in [0.1, 0.15) is 32.1 Å². The first-order chi connectivity index (χ1) is 13.9. The van der Waals surface area contributed by atoms with E-state index >= 15 is 0 Å². The number of amides is 1. The van der Waals surface area contributed by atoms with Crippen LogP contribution >= 0.6 is 22.7 Å². The van der Waals surface area contributed by atoms with Crippen molar-refractivity contribution in [3.63, 3.8) is 0 Å². The summed E-state index contributed by atoms with van der Waals surface area (Å²) in [5.74, 6) is -0.202. The number of benzene rings is 1. The van der Waals surface area contributed by atoms with Gasteiger partial charge in [0.1, 0.15) is 0 Å². The highest BCUT2D eigenvalue weighted by Crippen LogP contribution is 2.30. The van der Waals surface area contributed by atoms with Gasteiger partial charge in [-0.3, -0.25) is 10.1 Å². The molecule has 1 aromatic carbocycles. The summed E-state index contributed by atoms with van der Waals surface area (Å²) < 4.78 is 24.7. The van der Waals surface area contributed by atoms with Gasteiger partial charge in [0.2, 0.25) is 10.0 Å². The molecule has 2 N–H and O–H groups in total. The van der Waals surface area contributed by atoms with Crippen molar-refractivity contribution in [3.8, 4) is 11.3 Å². The molecule has 4 rings (SSSR count). The van der Waals surface area contributed by atoms with Crippen LogP contribution in [-0.2, 0) is 29.3 Å². The van der Waals surface area contributed by atoms with Gasteiger partial charge in [0.15, 0.2) is 5.13 Å². The Kier molecular flexibility index (Phi) is 5.82. The van der Waals surface area contributed by atoms with Crippen LogP contribution in [0.4, 0.5) is 5.13 Å². The molecule has 0 atom stereocenters. The van der Waals surface area contributed by atoms with Crippen molar-refractivity contribution >= 4 is 43.7 Å². The summed E-state index contributed by atoms with van der Waals surface area (Å²) in [5.41, 5.74) is 4.79. The number of carbonyl (C=O) groups excluding carboxylic acids is 1. The lowest BCUT2D eigenvalue weighted by Crippen LogP contribution is -2.24. The van der Waals surface area contributed by atoms with Crippen molar-refractivity contribution in [2.45, 2.75) is 25.7 Å². The topological polar surface area (TPSA) is 88.2 Å². The molecular weight excluding hydrogens is 426 g/mol. The standard InChI is InChI=1S/C20H21N3O3S3/c1-29(25,26)21-10-9-16-7-8-18(28-16)19(24)23-20-22-17(12-27-20)15-6-5-13-3-2-4-14(13)11-15/h5-8,11-12,21H,2-4,9-10H2,1H3,(H,22,23,24). The lowest BCUT2D eigenvalue weighted by molar-refractivity contribution is 0.103. The van der Waals surface area contributed by atoms with Crippen LogP contribution < -0.4 is 10.0 Å². The minimum atomic E-state index is -3.20. The first kappa shape index (κ1) is 20.2. The van der Waals surface area contributed by atoms with Crippen LogP contribution in [0.3, 0.4) is 0 Å². The maximum Gasteiger partial charge on any atom is 0.267 e. The van der Waals surface area contributed by atoms with Gasteiger partial charge in [-0.1, -0.05) is 12.1 Å². The Labute approximate surface area is 178 Å². The lowest BCUT2D eigenvalue weighted by atomic mass is 10.1. The molecule has 9 heteroatoms. The molecule has 0 spiro atoms. The van der Waals surface area contributed by atoms with Gasteiger partial charge in [-0.25, -0.2) is 18.1 Å². The number of carbonyl (C=O) groups is 1. The number of thiophene rings is 1. The number of hydrogen-bond donors (Lipinski definition) is 2. The van der Waals surface area contributed by atoms with E-state index in [2.05, 4.69) is 33.2 Å². The van der Waals surface area contributed by atoms with Crippen LogP contribution in [-0.4, -0.2) is 32.1 Å². The summed E-state index contributed by atoms with van der Waals surface area (Å²) in [7, 11) is -3.20. The van der Waals surface area contributed by atoms with E-state index in [-0.39, 0.29) is 5.91 Å². The number of anilines is 1. The van der Waals surface area contributed by atoms with Crippen molar-refractivity contribution in [1.82, 2.24) is 9.71 Å². The number of nitrogens with one attached hydrogen (secondary N) is 2. The van der Waals surface area contributed by atoms with E-state index in [0.29, 0.717) is 23.0 Å². The second kappa shape index (κ2) is 8.35. The summed E-state index contributed by atoms with van der Waals surface area (Å²) in [6, 6.07) is 10.1. The summed E-state index contributed by atoms with van der Waals surface area (Å²) in [6.07, 6.45) is 5.17. The Hall–Kier alpha value is -2.07. The molecule has 0 bridgehead atoms. The Morgan fingerprint density at radius 1 is 1.17 bits per heavy atom. The number of rotatable bonds is 7. The number of aromatic nitrogens is 1. The van der Waals surface area contributed by atoms with Gasteiger partial charge in [-0.15, -0.1) is 22.7 Å². The van der Waals surface area contributed by atoms with Gasteiger partial charge in [-0.2, -0.15) is 0 Å². The second-order valence-corrected chi connectivity index (χ2v) is 10.9. The van der Waals surface area contributed by atoms with Gasteiger partial charge >= 0.3 is 0 Å². The highest BCUT2D eigenvalue weighted by molar-refractivity contribution is 7.88. The first-order valence-electron chi connectivity index (χ1n) is 9.30. The Bertz CT molecular complexity index is 1150. The Morgan fingerprint density at radius 2 is 2.00 bits per heavy atom. The number of aryl methyl sites for hydroxylation is 2. The predicted octanol–water partition coefficient (Wildman–Crippen LogP) is 3.70. The van der Waals surface area contributed by atoms with Gasteiger partial charge < -0.3 is 0 Å². The maximum atomic E-state index is 12.5. The van der Waals surface area contributed by atoms with Gasteiger partial charge in [0.25, 0.3) is 5.91 Å². The highest BCUT2D eigenvalue weighted by Gasteiger charge is 2.15. The quantitative estimate of drug-likeness (QED) is 0.578. The maximum absolute atomic E-state index is 12.5. The zero-order chi connectivity index (χ0) is 20.4. The van der Waals surface area contributed by atoms with Crippen LogP contribution in [0.2, 0.25) is 0 Å². The third-order valence-electron chi connectivity index (χ3n) is 4.74. The molecule has 1 aliphatic rings. The van der Waals surface area contributed by atoms with Crippen LogP contribution in [0.15, 0.2) is 35.7 Å². The fourth-order valence-electron chi connectivity index (χ4n) is 3.35. The average Bonchev–Trinajstić information content (AvgIpc) is 3.40. The molecule has 0 saturated carbocycles. The largest absolute Gasteiger partial charge is 0.297 e. The molecule has 0 fully saturated rings. The molecule has 152 valence electrons. The number of nitrogens with zero attached hydrogens (tertiary/aromatic N) is 1. The van der Waals surface area contributed by atoms with Crippen LogP contribution in [0.25, 0.3) is 11.3 Å². The molecule has 29 heavy (non-hydrogen) atoms. The highest BCUT2D eigenvalue weighted by atomic mass is 32.2.